The van der Waals surface area contributed by atoms with Crippen LogP contribution in [0, 0.1) is 6.92 Å². The maximum Gasteiger partial charge on any atom is 0.240 e. The van der Waals surface area contributed by atoms with Gasteiger partial charge in [0, 0.05) is 24.2 Å². The van der Waals surface area contributed by atoms with Gasteiger partial charge in [0.05, 0.1) is 0 Å². The number of benzene rings is 2. The summed E-state index contributed by atoms with van der Waals surface area (Å²) < 4.78 is 0. The first-order valence-electron chi connectivity index (χ1n) is 7.31. The van der Waals surface area contributed by atoms with E-state index in [2.05, 4.69) is 5.32 Å². The lowest BCUT2D eigenvalue weighted by Gasteiger charge is -2.20. The number of nitrogens with zero attached hydrogens (tertiary/aromatic N) is 1. The first-order chi connectivity index (χ1) is 11.0. The Bertz CT molecular complexity index is 681. The molecule has 2 amide bonds. The Morgan fingerprint density at radius 1 is 1.04 bits per heavy atom. The Morgan fingerprint density at radius 3 is 2.22 bits per heavy atom. The van der Waals surface area contributed by atoms with E-state index in [1.54, 1.807) is 24.3 Å². The smallest absolute Gasteiger partial charge is 0.240 e. The molecule has 1 N–H and O–H groups in total. The number of amides is 2. The summed E-state index contributed by atoms with van der Waals surface area (Å²) in [6.07, 6.45) is 0. The summed E-state index contributed by atoms with van der Waals surface area (Å²) in [5.74, 6) is -0.409. The number of carbonyl (C=O) groups is 2. The van der Waals surface area contributed by atoms with E-state index in [-0.39, 0.29) is 18.4 Å². The lowest BCUT2D eigenvalue weighted by Crippen LogP contribution is -2.39. The van der Waals surface area contributed by atoms with Gasteiger partial charge in [-0.05, 0) is 36.8 Å². The second kappa shape index (κ2) is 7.79. The number of halogens is 1. The minimum Gasteiger partial charge on any atom is -0.350 e. The number of aryl methyl sites for hydroxylation is 1. The molecule has 0 atom stereocenters. The van der Waals surface area contributed by atoms with Gasteiger partial charge in [-0.1, -0.05) is 41.4 Å². The third-order valence-electron chi connectivity index (χ3n) is 3.43. The predicted molar refractivity (Wildman–Crippen MR) is 92.5 cm³/mol. The maximum atomic E-state index is 12.1. The average molecular weight is 331 g/mol. The standard InChI is InChI=1S/C18H19ClN2O2/c1-13-3-5-15(6-4-13)11-20-18(23)12-21(14(2)22)17-9-7-16(19)8-10-17/h3-10H,11-12H2,1-2H3,(H,20,23). The van der Waals surface area contributed by atoms with Crippen LogP contribution >= 0.6 is 11.6 Å². The van der Waals surface area contributed by atoms with Crippen LogP contribution in [0.2, 0.25) is 5.02 Å². The van der Waals surface area contributed by atoms with Gasteiger partial charge in [0.15, 0.2) is 0 Å². The van der Waals surface area contributed by atoms with Crippen LogP contribution < -0.4 is 10.2 Å². The van der Waals surface area contributed by atoms with Crippen LogP contribution in [0.25, 0.3) is 0 Å². The van der Waals surface area contributed by atoms with E-state index < -0.39 is 0 Å². The molecule has 0 unspecified atom stereocenters. The minimum absolute atomic E-state index is 0.0250. The average Bonchev–Trinajstić information content (AvgIpc) is 2.53. The second-order valence-electron chi connectivity index (χ2n) is 5.34. The van der Waals surface area contributed by atoms with E-state index in [1.165, 1.54) is 17.4 Å². The van der Waals surface area contributed by atoms with Gasteiger partial charge in [0.2, 0.25) is 11.8 Å². The molecule has 2 rings (SSSR count). The SMILES string of the molecule is CC(=O)N(CC(=O)NCc1ccc(C)cc1)c1ccc(Cl)cc1. The molecule has 0 aliphatic rings. The number of hydrogen-bond donors (Lipinski definition) is 1. The Kier molecular flexibility index (Phi) is 5.77. The van der Waals surface area contributed by atoms with E-state index in [1.807, 2.05) is 31.2 Å². The van der Waals surface area contributed by atoms with E-state index in [0.717, 1.165) is 5.56 Å². The summed E-state index contributed by atoms with van der Waals surface area (Å²) in [7, 11) is 0. The topological polar surface area (TPSA) is 49.4 Å². The molecule has 0 radical (unpaired) electrons. The molecule has 2 aromatic rings. The Hall–Kier alpha value is -2.33. The molecule has 23 heavy (non-hydrogen) atoms. The van der Waals surface area contributed by atoms with Crippen molar-refractivity contribution in [2.45, 2.75) is 20.4 Å². The molecule has 0 saturated heterocycles. The Labute approximate surface area is 141 Å². The molecule has 2 aromatic carbocycles. The molecule has 120 valence electrons. The molecule has 0 fully saturated rings. The molecular formula is C18H19ClN2O2. The van der Waals surface area contributed by atoms with Crippen molar-refractivity contribution < 1.29 is 9.59 Å². The zero-order chi connectivity index (χ0) is 16.8. The third-order valence-corrected chi connectivity index (χ3v) is 3.68. The van der Waals surface area contributed by atoms with Crippen molar-refractivity contribution in [3.8, 4) is 0 Å². The Balaban J connectivity index is 1.96. The number of nitrogens with one attached hydrogen (secondary N) is 1. The summed E-state index contributed by atoms with van der Waals surface area (Å²) in [4.78, 5) is 25.3. The molecule has 0 saturated carbocycles. The summed E-state index contributed by atoms with van der Waals surface area (Å²) >= 11 is 5.85. The maximum absolute atomic E-state index is 12.1. The Morgan fingerprint density at radius 2 is 1.65 bits per heavy atom. The highest BCUT2D eigenvalue weighted by atomic mass is 35.5. The predicted octanol–water partition coefficient (Wildman–Crippen LogP) is 3.32. The quantitative estimate of drug-likeness (QED) is 0.914. The van der Waals surface area contributed by atoms with E-state index in [4.69, 9.17) is 11.6 Å². The van der Waals surface area contributed by atoms with Crippen molar-refractivity contribution in [2.75, 3.05) is 11.4 Å². The summed E-state index contributed by atoms with van der Waals surface area (Å²) in [6, 6.07) is 14.8. The fourth-order valence-corrected chi connectivity index (χ4v) is 2.24. The van der Waals surface area contributed by atoms with Crippen LogP contribution in [0.4, 0.5) is 5.69 Å². The van der Waals surface area contributed by atoms with Crippen molar-refractivity contribution in [1.29, 1.82) is 0 Å². The highest BCUT2D eigenvalue weighted by Crippen LogP contribution is 2.18. The first kappa shape index (κ1) is 17.0. The number of carbonyl (C=O) groups excluding carboxylic acids is 2. The van der Waals surface area contributed by atoms with Crippen LogP contribution in [0.3, 0.4) is 0 Å². The zero-order valence-electron chi connectivity index (χ0n) is 13.2. The van der Waals surface area contributed by atoms with E-state index >= 15 is 0 Å². The lowest BCUT2D eigenvalue weighted by atomic mass is 10.1. The van der Waals surface area contributed by atoms with E-state index in [9.17, 15) is 9.59 Å². The van der Waals surface area contributed by atoms with Gasteiger partial charge < -0.3 is 10.2 Å². The van der Waals surface area contributed by atoms with Crippen molar-refractivity contribution in [1.82, 2.24) is 5.32 Å². The highest BCUT2D eigenvalue weighted by Gasteiger charge is 2.15. The third kappa shape index (κ3) is 5.11. The highest BCUT2D eigenvalue weighted by molar-refractivity contribution is 6.30. The van der Waals surface area contributed by atoms with Gasteiger partial charge in [-0.3, -0.25) is 9.59 Å². The van der Waals surface area contributed by atoms with Crippen LogP contribution in [0.5, 0.6) is 0 Å². The fourth-order valence-electron chi connectivity index (χ4n) is 2.11. The molecule has 0 bridgehead atoms. The van der Waals surface area contributed by atoms with Gasteiger partial charge in [-0.15, -0.1) is 0 Å². The summed E-state index contributed by atoms with van der Waals surface area (Å²) in [6.45, 7) is 3.86. The van der Waals surface area contributed by atoms with Crippen molar-refractivity contribution >= 4 is 29.1 Å². The molecule has 0 heterocycles. The summed E-state index contributed by atoms with van der Waals surface area (Å²) in [5, 5.41) is 3.41. The molecule has 0 aliphatic carbocycles. The molecular weight excluding hydrogens is 312 g/mol. The van der Waals surface area contributed by atoms with Gasteiger partial charge >= 0.3 is 0 Å². The van der Waals surface area contributed by atoms with Crippen molar-refractivity contribution in [3.63, 3.8) is 0 Å². The van der Waals surface area contributed by atoms with Crippen LogP contribution in [-0.2, 0) is 16.1 Å². The largest absolute Gasteiger partial charge is 0.350 e. The number of hydrogen-bond acceptors (Lipinski definition) is 2. The van der Waals surface area contributed by atoms with Crippen LogP contribution in [-0.4, -0.2) is 18.4 Å². The van der Waals surface area contributed by atoms with Crippen molar-refractivity contribution in [3.05, 3.63) is 64.7 Å². The zero-order valence-corrected chi connectivity index (χ0v) is 13.9. The van der Waals surface area contributed by atoms with Gasteiger partial charge in [-0.2, -0.15) is 0 Å². The number of anilines is 1. The van der Waals surface area contributed by atoms with Gasteiger partial charge in [0.25, 0.3) is 0 Å². The van der Waals surface area contributed by atoms with Crippen molar-refractivity contribution in [2.24, 2.45) is 0 Å². The molecule has 0 spiro atoms. The van der Waals surface area contributed by atoms with Crippen LogP contribution in [0.1, 0.15) is 18.1 Å². The molecule has 5 heteroatoms. The summed E-state index contributed by atoms with van der Waals surface area (Å²) in [5.41, 5.74) is 2.84. The molecule has 0 aliphatic heterocycles. The second-order valence-corrected chi connectivity index (χ2v) is 5.78. The van der Waals surface area contributed by atoms with E-state index in [0.29, 0.717) is 17.3 Å². The molecule has 0 aromatic heterocycles. The fraction of sp³-hybridized carbons (Fsp3) is 0.222. The molecule has 4 nitrogen and oxygen atoms in total. The first-order valence-corrected chi connectivity index (χ1v) is 7.69. The van der Waals surface area contributed by atoms with Gasteiger partial charge in [-0.25, -0.2) is 0 Å². The minimum atomic E-state index is -0.212. The lowest BCUT2D eigenvalue weighted by molar-refractivity contribution is -0.123. The number of rotatable bonds is 5. The van der Waals surface area contributed by atoms with Crippen LogP contribution in [0.15, 0.2) is 48.5 Å². The van der Waals surface area contributed by atoms with Gasteiger partial charge in [0.1, 0.15) is 6.54 Å². The normalized spacial score (nSPS) is 10.2. The monoisotopic (exact) mass is 330 g/mol.